The Bertz CT molecular complexity index is 1550. The van der Waals surface area contributed by atoms with Crippen LogP contribution < -0.4 is 9.64 Å². The smallest absolute Gasteiger partial charge is 0.319 e. The number of fused-ring (bicyclic) bond motifs is 4. The quantitative estimate of drug-likeness (QED) is 0.294. The normalized spacial score (nSPS) is 23.1. The van der Waals surface area contributed by atoms with Gasteiger partial charge in [0.25, 0.3) is 0 Å². The maximum absolute atomic E-state index is 16.6. The molecule has 2 aliphatic heterocycles. The molecule has 7 heteroatoms. The summed E-state index contributed by atoms with van der Waals surface area (Å²) in [5.74, 6) is 1.63. The molecule has 2 unspecified atom stereocenters. The summed E-state index contributed by atoms with van der Waals surface area (Å²) in [7, 11) is 2.12. The van der Waals surface area contributed by atoms with Crippen LogP contribution in [0.25, 0.3) is 39.0 Å². The number of halogens is 1. The van der Waals surface area contributed by atoms with Crippen LogP contribution in [-0.4, -0.2) is 59.2 Å². The standard InChI is InChI=1S/C32H34FN5O/c1-3-22-7-4-8-23-9-5-11-25(27(22)23)29-28(33)30-26(16-34-29)31(38-17-20-12-13-21(15-20)18-38)36-32(35-30)39-19-24-10-6-14-37(24)2/h3-5,7-9,11,16,20-21,24H,1,6,10,12-15,17-19H2,2H3/t20?,21?,24-/m0/s1. The van der Waals surface area contributed by atoms with Gasteiger partial charge in [-0.1, -0.05) is 49.1 Å². The highest BCUT2D eigenvalue weighted by molar-refractivity contribution is 6.03. The number of hydrogen-bond acceptors (Lipinski definition) is 6. The third-order valence-electron chi connectivity index (χ3n) is 9.04. The van der Waals surface area contributed by atoms with Crippen molar-refractivity contribution in [1.82, 2.24) is 19.9 Å². The Labute approximate surface area is 228 Å². The molecule has 2 aromatic carbocycles. The first-order valence-corrected chi connectivity index (χ1v) is 14.2. The first-order valence-electron chi connectivity index (χ1n) is 14.2. The molecule has 2 bridgehead atoms. The van der Waals surface area contributed by atoms with E-state index >= 15 is 4.39 Å². The molecule has 4 heterocycles. The predicted molar refractivity (Wildman–Crippen MR) is 155 cm³/mol. The van der Waals surface area contributed by atoms with Crippen LogP contribution >= 0.6 is 0 Å². The molecule has 200 valence electrons. The lowest BCUT2D eigenvalue weighted by Gasteiger charge is -2.33. The Morgan fingerprint density at radius 2 is 1.87 bits per heavy atom. The molecular formula is C32H34FN5O. The zero-order valence-electron chi connectivity index (χ0n) is 22.4. The lowest BCUT2D eigenvalue weighted by atomic mass is 9.96. The molecule has 2 saturated heterocycles. The minimum absolute atomic E-state index is 0.247. The third-order valence-corrected chi connectivity index (χ3v) is 9.04. The second-order valence-electron chi connectivity index (χ2n) is 11.5. The van der Waals surface area contributed by atoms with E-state index in [-0.39, 0.29) is 17.2 Å². The van der Waals surface area contributed by atoms with Crippen molar-refractivity contribution in [2.24, 2.45) is 11.8 Å². The topological polar surface area (TPSA) is 54.4 Å². The number of pyridine rings is 1. The number of likely N-dealkylation sites (N-methyl/N-ethyl adjacent to an activating group) is 1. The molecule has 39 heavy (non-hydrogen) atoms. The monoisotopic (exact) mass is 523 g/mol. The summed E-state index contributed by atoms with van der Waals surface area (Å²) in [5, 5.41) is 2.60. The molecule has 3 atom stereocenters. The Kier molecular flexibility index (Phi) is 6.19. The van der Waals surface area contributed by atoms with Gasteiger partial charge in [-0.2, -0.15) is 9.97 Å². The summed E-state index contributed by atoms with van der Waals surface area (Å²) < 4.78 is 22.7. The highest BCUT2D eigenvalue weighted by Gasteiger charge is 2.35. The molecule has 0 radical (unpaired) electrons. The lowest BCUT2D eigenvalue weighted by Crippen LogP contribution is -2.37. The van der Waals surface area contributed by atoms with Gasteiger partial charge in [0.15, 0.2) is 5.82 Å². The summed E-state index contributed by atoms with van der Waals surface area (Å²) in [6.45, 7) is 7.41. The lowest BCUT2D eigenvalue weighted by molar-refractivity contribution is 0.188. The fraction of sp³-hybridized carbons (Fsp3) is 0.406. The van der Waals surface area contributed by atoms with Crippen LogP contribution in [0.3, 0.4) is 0 Å². The molecule has 0 N–H and O–H groups in total. The Balaban J connectivity index is 1.36. The number of piperidine rings is 1. The van der Waals surface area contributed by atoms with Gasteiger partial charge in [0.05, 0.1) is 5.39 Å². The summed E-state index contributed by atoms with van der Waals surface area (Å²) in [6, 6.07) is 12.5. The number of nitrogens with zero attached hydrogens (tertiary/aromatic N) is 5. The number of aromatic nitrogens is 3. The van der Waals surface area contributed by atoms with Gasteiger partial charge in [0, 0.05) is 30.9 Å². The molecule has 0 amide bonds. The first-order chi connectivity index (χ1) is 19.1. The fourth-order valence-corrected chi connectivity index (χ4v) is 6.99. The van der Waals surface area contributed by atoms with Gasteiger partial charge in [-0.15, -0.1) is 0 Å². The Morgan fingerprint density at radius 1 is 1.08 bits per heavy atom. The number of hydrogen-bond donors (Lipinski definition) is 0. The van der Waals surface area contributed by atoms with Gasteiger partial charge in [0.2, 0.25) is 0 Å². The van der Waals surface area contributed by atoms with Crippen LogP contribution in [0.15, 0.2) is 49.2 Å². The maximum Gasteiger partial charge on any atom is 0.319 e. The van der Waals surface area contributed by atoms with Gasteiger partial charge >= 0.3 is 6.01 Å². The zero-order chi connectivity index (χ0) is 26.5. The SMILES string of the molecule is C=Cc1cccc2cccc(-c3ncc4c(N5CC6CCC(C6)C5)nc(OC[C@@H]5CCCN5C)nc4c3F)c12. The first kappa shape index (κ1) is 24.5. The second kappa shape index (κ2) is 9.87. The average Bonchev–Trinajstić information content (AvgIpc) is 3.54. The van der Waals surface area contributed by atoms with Crippen molar-refractivity contribution >= 4 is 33.6 Å². The van der Waals surface area contributed by atoms with Crippen LogP contribution in [0.2, 0.25) is 0 Å². The fourth-order valence-electron chi connectivity index (χ4n) is 6.99. The molecular weight excluding hydrogens is 489 g/mol. The second-order valence-corrected chi connectivity index (χ2v) is 11.5. The van der Waals surface area contributed by atoms with Crippen molar-refractivity contribution in [3.8, 4) is 17.3 Å². The Hall–Kier alpha value is -3.58. The van der Waals surface area contributed by atoms with Crippen molar-refractivity contribution in [2.45, 2.75) is 38.1 Å². The van der Waals surface area contributed by atoms with E-state index in [1.165, 1.54) is 19.3 Å². The van der Waals surface area contributed by atoms with Gasteiger partial charge in [-0.3, -0.25) is 4.98 Å². The molecule has 7 rings (SSSR count). The van der Waals surface area contributed by atoms with E-state index in [4.69, 9.17) is 14.7 Å². The summed E-state index contributed by atoms with van der Waals surface area (Å²) >= 11 is 0. The highest BCUT2D eigenvalue weighted by atomic mass is 19.1. The van der Waals surface area contributed by atoms with Gasteiger partial charge in [-0.25, -0.2) is 4.39 Å². The molecule has 3 aliphatic rings. The minimum atomic E-state index is -0.440. The highest BCUT2D eigenvalue weighted by Crippen LogP contribution is 2.41. The number of likely N-dealkylation sites (tertiary alicyclic amines) is 1. The minimum Gasteiger partial charge on any atom is -0.462 e. The third kappa shape index (κ3) is 4.33. The number of anilines is 1. The number of rotatable bonds is 6. The van der Waals surface area contributed by atoms with Crippen molar-refractivity contribution in [3.05, 3.63) is 60.6 Å². The molecule has 3 fully saturated rings. The van der Waals surface area contributed by atoms with Crippen molar-refractivity contribution < 1.29 is 9.13 Å². The molecule has 4 aromatic rings. The number of benzene rings is 2. The maximum atomic E-state index is 16.6. The van der Waals surface area contributed by atoms with E-state index in [0.717, 1.165) is 60.2 Å². The van der Waals surface area contributed by atoms with Gasteiger partial charge in [0.1, 0.15) is 23.6 Å². The van der Waals surface area contributed by atoms with E-state index in [0.29, 0.717) is 29.9 Å². The van der Waals surface area contributed by atoms with E-state index in [1.807, 2.05) is 42.5 Å². The average molecular weight is 524 g/mol. The van der Waals surface area contributed by atoms with Gasteiger partial charge in [-0.05, 0) is 73.9 Å². The predicted octanol–water partition coefficient (Wildman–Crippen LogP) is 6.34. The molecule has 6 nitrogen and oxygen atoms in total. The number of ether oxygens (including phenoxy) is 1. The van der Waals surface area contributed by atoms with Crippen LogP contribution in [0.5, 0.6) is 6.01 Å². The van der Waals surface area contributed by atoms with E-state index in [1.54, 1.807) is 6.20 Å². The summed E-state index contributed by atoms with van der Waals surface area (Å²) in [4.78, 5) is 18.9. The van der Waals surface area contributed by atoms with Gasteiger partial charge < -0.3 is 14.5 Å². The van der Waals surface area contributed by atoms with Crippen molar-refractivity contribution in [2.75, 3.05) is 38.2 Å². The van der Waals surface area contributed by atoms with E-state index < -0.39 is 5.82 Å². The summed E-state index contributed by atoms with van der Waals surface area (Å²) in [5.41, 5.74) is 2.23. The van der Waals surface area contributed by atoms with Crippen LogP contribution in [0, 0.1) is 17.7 Å². The summed E-state index contributed by atoms with van der Waals surface area (Å²) in [6.07, 6.45) is 9.59. The Morgan fingerprint density at radius 3 is 2.62 bits per heavy atom. The molecule has 0 spiro atoms. The van der Waals surface area contributed by atoms with E-state index in [9.17, 15) is 0 Å². The molecule has 2 aromatic heterocycles. The molecule has 1 aliphatic carbocycles. The van der Waals surface area contributed by atoms with E-state index in [2.05, 4.69) is 28.4 Å². The van der Waals surface area contributed by atoms with Crippen LogP contribution in [0.1, 0.15) is 37.7 Å². The van der Waals surface area contributed by atoms with Crippen LogP contribution in [-0.2, 0) is 0 Å². The van der Waals surface area contributed by atoms with Crippen LogP contribution in [0.4, 0.5) is 10.2 Å². The van der Waals surface area contributed by atoms with Crippen molar-refractivity contribution in [1.29, 1.82) is 0 Å². The zero-order valence-corrected chi connectivity index (χ0v) is 22.4. The van der Waals surface area contributed by atoms with Crippen molar-refractivity contribution in [3.63, 3.8) is 0 Å². The largest absolute Gasteiger partial charge is 0.462 e. The molecule has 1 saturated carbocycles.